The number of nitrogens with zero attached hydrogens (tertiary/aromatic N) is 1. The lowest BCUT2D eigenvalue weighted by molar-refractivity contribution is -0.120. The van der Waals surface area contributed by atoms with Crippen molar-refractivity contribution in [3.05, 3.63) is 98.7 Å². The van der Waals surface area contributed by atoms with Crippen LogP contribution in [0.5, 0.6) is 0 Å². The van der Waals surface area contributed by atoms with E-state index < -0.39 is 0 Å². The van der Waals surface area contributed by atoms with Gasteiger partial charge in [-0.25, -0.2) is 4.90 Å². The Bertz CT molecular complexity index is 1310. The summed E-state index contributed by atoms with van der Waals surface area (Å²) in [5.74, 6) is -0.702. The second-order valence-electron chi connectivity index (χ2n) is 8.30. The molecule has 0 unspecified atom stereocenters. The van der Waals surface area contributed by atoms with Gasteiger partial charge in [0, 0.05) is 10.7 Å². The number of hydrogen-bond acceptors (Lipinski definition) is 3. The Kier molecular flexibility index (Phi) is 5.66. The first-order valence-corrected chi connectivity index (χ1v) is 10.9. The van der Waals surface area contributed by atoms with Crippen molar-refractivity contribution in [3.63, 3.8) is 0 Å². The molecule has 0 fully saturated rings. The van der Waals surface area contributed by atoms with E-state index in [9.17, 15) is 9.59 Å². The van der Waals surface area contributed by atoms with Crippen molar-refractivity contribution in [1.29, 1.82) is 0 Å². The number of amides is 2. The van der Waals surface area contributed by atoms with Gasteiger partial charge in [-0.1, -0.05) is 41.9 Å². The Morgan fingerprint density at radius 3 is 2.19 bits per heavy atom. The fraction of sp³-hybridized carbons (Fsp3) is 0.185. The largest absolute Gasteiger partial charge is 0.350 e. The molecule has 2 amide bonds. The summed E-state index contributed by atoms with van der Waals surface area (Å²) in [4.78, 5) is 28.6. The molecule has 0 atom stereocenters. The minimum Gasteiger partial charge on any atom is -0.350 e. The highest BCUT2D eigenvalue weighted by atomic mass is 35.5. The lowest BCUT2D eigenvalue weighted by atomic mass is 9.99. The predicted octanol–water partition coefficient (Wildman–Crippen LogP) is 6.28. The molecule has 4 nitrogen and oxygen atoms in total. The molecule has 4 rings (SSSR count). The molecule has 0 spiro atoms. The zero-order valence-corrected chi connectivity index (χ0v) is 19.6. The van der Waals surface area contributed by atoms with Gasteiger partial charge in [-0.05, 0) is 92.3 Å². The highest BCUT2D eigenvalue weighted by molar-refractivity contribution is 6.46. The van der Waals surface area contributed by atoms with Gasteiger partial charge in [0.25, 0.3) is 11.8 Å². The van der Waals surface area contributed by atoms with E-state index in [2.05, 4.69) is 5.32 Å². The SMILES string of the molecule is Cc1ccc(C2=C(Nc3ccc(Cl)cc3C)C(=O)N(c3cccc(C)c3C)C2=O)cc1C. The third-order valence-corrected chi connectivity index (χ3v) is 6.38. The molecule has 1 N–H and O–H groups in total. The van der Waals surface area contributed by atoms with Crippen LogP contribution in [0.3, 0.4) is 0 Å². The first-order valence-electron chi connectivity index (χ1n) is 10.5. The number of rotatable bonds is 4. The molecule has 1 aliphatic heterocycles. The summed E-state index contributed by atoms with van der Waals surface area (Å²) in [5.41, 5.74) is 7.67. The smallest absolute Gasteiger partial charge is 0.282 e. The van der Waals surface area contributed by atoms with Gasteiger partial charge in [-0.2, -0.15) is 0 Å². The number of imide groups is 1. The van der Waals surface area contributed by atoms with Crippen LogP contribution in [0.4, 0.5) is 11.4 Å². The summed E-state index contributed by atoms with van der Waals surface area (Å²) >= 11 is 6.11. The highest BCUT2D eigenvalue weighted by Gasteiger charge is 2.41. The molecule has 3 aromatic carbocycles. The van der Waals surface area contributed by atoms with Gasteiger partial charge >= 0.3 is 0 Å². The Morgan fingerprint density at radius 1 is 0.750 bits per heavy atom. The van der Waals surface area contributed by atoms with Crippen molar-refractivity contribution in [1.82, 2.24) is 0 Å². The third-order valence-electron chi connectivity index (χ3n) is 6.14. The number of halogens is 1. The monoisotopic (exact) mass is 444 g/mol. The van der Waals surface area contributed by atoms with Crippen molar-refractivity contribution in [2.45, 2.75) is 34.6 Å². The summed E-state index contributed by atoms with van der Waals surface area (Å²) in [6.07, 6.45) is 0. The molecule has 162 valence electrons. The number of benzene rings is 3. The number of nitrogens with one attached hydrogen (secondary N) is 1. The van der Waals surface area contributed by atoms with Crippen LogP contribution in [-0.4, -0.2) is 11.8 Å². The molecule has 0 aliphatic carbocycles. The van der Waals surface area contributed by atoms with Gasteiger partial charge < -0.3 is 5.32 Å². The molecule has 0 aromatic heterocycles. The van der Waals surface area contributed by atoms with Crippen LogP contribution in [-0.2, 0) is 9.59 Å². The van der Waals surface area contributed by atoms with Crippen molar-refractivity contribution in [2.24, 2.45) is 0 Å². The Balaban J connectivity index is 1.89. The Hall–Kier alpha value is -3.37. The topological polar surface area (TPSA) is 49.4 Å². The van der Waals surface area contributed by atoms with E-state index in [0.717, 1.165) is 33.5 Å². The maximum atomic E-state index is 13.7. The summed E-state index contributed by atoms with van der Waals surface area (Å²) in [6, 6.07) is 16.9. The number of aryl methyl sites for hydroxylation is 4. The van der Waals surface area contributed by atoms with Gasteiger partial charge in [0.1, 0.15) is 5.70 Å². The quantitative estimate of drug-likeness (QED) is 0.482. The predicted molar refractivity (Wildman–Crippen MR) is 131 cm³/mol. The molecule has 3 aromatic rings. The van der Waals surface area contributed by atoms with Crippen LogP contribution in [0.1, 0.15) is 33.4 Å². The average Bonchev–Trinajstić information content (AvgIpc) is 2.98. The van der Waals surface area contributed by atoms with E-state index in [1.54, 1.807) is 6.07 Å². The van der Waals surface area contributed by atoms with E-state index >= 15 is 0 Å². The highest BCUT2D eigenvalue weighted by Crippen LogP contribution is 2.36. The maximum Gasteiger partial charge on any atom is 0.282 e. The maximum absolute atomic E-state index is 13.7. The minimum absolute atomic E-state index is 0.268. The molecule has 0 saturated heterocycles. The van der Waals surface area contributed by atoms with Crippen LogP contribution < -0.4 is 10.2 Å². The van der Waals surface area contributed by atoms with Crippen molar-refractivity contribution < 1.29 is 9.59 Å². The summed E-state index contributed by atoms with van der Waals surface area (Å²) in [7, 11) is 0. The number of anilines is 2. The van der Waals surface area contributed by atoms with Gasteiger partial charge in [-0.3, -0.25) is 9.59 Å². The van der Waals surface area contributed by atoms with E-state index in [0.29, 0.717) is 21.8 Å². The van der Waals surface area contributed by atoms with Crippen molar-refractivity contribution in [2.75, 3.05) is 10.2 Å². The molecule has 1 heterocycles. The molecule has 0 bridgehead atoms. The fourth-order valence-corrected chi connectivity index (χ4v) is 4.14. The fourth-order valence-electron chi connectivity index (χ4n) is 3.91. The van der Waals surface area contributed by atoms with Crippen LogP contribution in [0.15, 0.2) is 60.3 Å². The number of hydrogen-bond donors (Lipinski definition) is 1. The van der Waals surface area contributed by atoms with E-state index in [4.69, 9.17) is 11.6 Å². The molecule has 5 heteroatoms. The van der Waals surface area contributed by atoms with Crippen molar-refractivity contribution in [3.8, 4) is 0 Å². The second-order valence-corrected chi connectivity index (χ2v) is 8.73. The first kappa shape index (κ1) is 21.8. The Morgan fingerprint density at radius 2 is 1.50 bits per heavy atom. The normalized spacial score (nSPS) is 13.9. The number of carbonyl (C=O) groups is 2. The molecular weight excluding hydrogens is 420 g/mol. The molecular formula is C27H25ClN2O2. The van der Waals surface area contributed by atoms with Crippen molar-refractivity contribution >= 4 is 40.4 Å². The van der Waals surface area contributed by atoms with Crippen LogP contribution >= 0.6 is 11.6 Å². The zero-order chi connectivity index (χ0) is 23.2. The lowest BCUT2D eigenvalue weighted by Gasteiger charge is -2.19. The number of carbonyl (C=O) groups excluding carboxylic acids is 2. The van der Waals surface area contributed by atoms with Gasteiger partial charge in [-0.15, -0.1) is 0 Å². The summed E-state index contributed by atoms with van der Waals surface area (Å²) in [6.45, 7) is 9.83. The summed E-state index contributed by atoms with van der Waals surface area (Å²) in [5, 5.41) is 3.86. The first-order chi connectivity index (χ1) is 15.2. The summed E-state index contributed by atoms with van der Waals surface area (Å²) < 4.78 is 0. The van der Waals surface area contributed by atoms with E-state index in [1.807, 2.05) is 83.1 Å². The molecule has 32 heavy (non-hydrogen) atoms. The zero-order valence-electron chi connectivity index (χ0n) is 18.8. The van der Waals surface area contributed by atoms with Crippen LogP contribution in [0.2, 0.25) is 5.02 Å². The second kappa shape index (κ2) is 8.29. The Labute approximate surface area is 193 Å². The molecule has 0 radical (unpaired) electrons. The van der Waals surface area contributed by atoms with E-state index in [-0.39, 0.29) is 17.5 Å². The minimum atomic E-state index is -0.369. The van der Waals surface area contributed by atoms with Gasteiger partial charge in [0.05, 0.1) is 11.3 Å². The molecule has 0 saturated carbocycles. The van der Waals surface area contributed by atoms with Crippen LogP contribution in [0.25, 0.3) is 5.57 Å². The third kappa shape index (κ3) is 3.71. The van der Waals surface area contributed by atoms with Gasteiger partial charge in [0.2, 0.25) is 0 Å². The standard InChI is InChI=1S/C27H25ClN2O2/c1-15-9-10-20(13-17(15)3)24-25(29-22-12-11-21(28)14-18(22)4)27(32)30(26(24)31)23-8-6-7-16(2)19(23)5/h6-14,29H,1-5H3. The lowest BCUT2D eigenvalue weighted by Crippen LogP contribution is -2.33. The molecule has 1 aliphatic rings. The van der Waals surface area contributed by atoms with Crippen LogP contribution in [0, 0.1) is 34.6 Å². The van der Waals surface area contributed by atoms with E-state index in [1.165, 1.54) is 4.90 Å². The average molecular weight is 445 g/mol. The van der Waals surface area contributed by atoms with Gasteiger partial charge in [0.15, 0.2) is 0 Å².